The summed E-state index contributed by atoms with van der Waals surface area (Å²) < 4.78 is 0. The molecule has 0 aliphatic heterocycles. The topological polar surface area (TPSA) is 0 Å². The number of allylic oxidation sites excluding steroid dienone is 1. The summed E-state index contributed by atoms with van der Waals surface area (Å²) in [7, 11) is 0. The van der Waals surface area contributed by atoms with Gasteiger partial charge in [-0.3, -0.25) is 0 Å². The Kier molecular flexibility index (Phi) is 1.40. The van der Waals surface area contributed by atoms with Crippen molar-refractivity contribution in [2.24, 2.45) is 41.4 Å². The molecule has 0 N–H and O–H groups in total. The molecule has 4 bridgehead atoms. The average molecular weight is 188 g/mol. The van der Waals surface area contributed by atoms with E-state index < -0.39 is 0 Å². The van der Waals surface area contributed by atoms with Crippen molar-refractivity contribution in [3.63, 3.8) is 0 Å². The minimum absolute atomic E-state index is 0.903. The Hall–Kier alpha value is -0.260. The molecule has 4 fully saturated rings. The molecule has 4 rings (SSSR count). The maximum absolute atomic E-state index is 4.04. The lowest BCUT2D eigenvalue weighted by molar-refractivity contribution is 0.122. The van der Waals surface area contributed by atoms with Crippen LogP contribution in [0.1, 0.15) is 32.1 Å². The zero-order valence-electron chi connectivity index (χ0n) is 8.86. The van der Waals surface area contributed by atoms with Gasteiger partial charge < -0.3 is 0 Å². The Bertz CT molecular complexity index is 280. The van der Waals surface area contributed by atoms with Crippen LogP contribution in [0.25, 0.3) is 0 Å². The molecule has 14 heavy (non-hydrogen) atoms. The zero-order valence-corrected chi connectivity index (χ0v) is 8.86. The van der Waals surface area contributed by atoms with E-state index in [9.17, 15) is 0 Å². The Labute approximate surface area is 86.8 Å². The molecule has 7 unspecified atom stereocenters. The minimum atomic E-state index is 0.903. The molecule has 0 spiro atoms. The van der Waals surface area contributed by atoms with Gasteiger partial charge in [0.25, 0.3) is 0 Å². The van der Waals surface area contributed by atoms with Crippen molar-refractivity contribution in [2.45, 2.75) is 32.1 Å². The Morgan fingerprint density at radius 2 is 1.64 bits per heavy atom. The first-order chi connectivity index (χ1) is 6.88. The first kappa shape index (κ1) is 7.96. The van der Waals surface area contributed by atoms with Crippen molar-refractivity contribution in [1.29, 1.82) is 0 Å². The van der Waals surface area contributed by atoms with Crippen LogP contribution in [0.5, 0.6) is 0 Å². The lowest BCUT2D eigenvalue weighted by Crippen LogP contribution is -2.31. The SMILES string of the molecule is C=CC1CC2CC1C1C3CCC(C3)C21. The normalized spacial score (nSPS) is 63.3. The van der Waals surface area contributed by atoms with Gasteiger partial charge in [-0.15, -0.1) is 6.58 Å². The van der Waals surface area contributed by atoms with Crippen LogP contribution in [0.4, 0.5) is 0 Å². The molecule has 0 radical (unpaired) electrons. The lowest BCUT2D eigenvalue weighted by Gasteiger charge is -2.37. The second kappa shape index (κ2) is 2.46. The van der Waals surface area contributed by atoms with Gasteiger partial charge in [0.1, 0.15) is 0 Å². The maximum atomic E-state index is 4.04. The summed E-state index contributed by atoms with van der Waals surface area (Å²) >= 11 is 0. The fourth-order valence-corrected chi connectivity index (χ4v) is 5.89. The average Bonchev–Trinajstić information content (AvgIpc) is 2.94. The van der Waals surface area contributed by atoms with Gasteiger partial charge in [-0.1, -0.05) is 6.08 Å². The maximum Gasteiger partial charge on any atom is -0.0202 e. The smallest absolute Gasteiger partial charge is 0.0202 e. The first-order valence-electron chi connectivity index (χ1n) is 6.51. The second-order valence-electron chi connectivity index (χ2n) is 6.28. The van der Waals surface area contributed by atoms with Crippen molar-refractivity contribution >= 4 is 0 Å². The summed E-state index contributed by atoms with van der Waals surface area (Å²) in [6.07, 6.45) is 10.1. The first-order valence-corrected chi connectivity index (χ1v) is 6.51. The van der Waals surface area contributed by atoms with Crippen LogP contribution in [0.15, 0.2) is 12.7 Å². The molecule has 0 aromatic carbocycles. The lowest BCUT2D eigenvalue weighted by atomic mass is 9.67. The van der Waals surface area contributed by atoms with Crippen LogP contribution in [0.3, 0.4) is 0 Å². The molecular weight excluding hydrogens is 168 g/mol. The van der Waals surface area contributed by atoms with E-state index >= 15 is 0 Å². The van der Waals surface area contributed by atoms with Gasteiger partial charge >= 0.3 is 0 Å². The highest BCUT2D eigenvalue weighted by atomic mass is 14.7. The van der Waals surface area contributed by atoms with Gasteiger partial charge in [0.2, 0.25) is 0 Å². The largest absolute Gasteiger partial charge is 0.103 e. The summed E-state index contributed by atoms with van der Waals surface area (Å²) in [5.74, 6) is 7.71. The molecule has 0 nitrogen and oxygen atoms in total. The van der Waals surface area contributed by atoms with Crippen molar-refractivity contribution < 1.29 is 0 Å². The van der Waals surface area contributed by atoms with E-state index in [4.69, 9.17) is 0 Å². The standard InChI is InChI=1S/C14H20/c1-2-8-5-11-7-12(8)14-10-4-3-9(6-10)13(11)14/h2,8-14H,1,3-7H2. The molecule has 0 aromatic rings. The van der Waals surface area contributed by atoms with Crippen LogP contribution in [-0.2, 0) is 0 Å². The van der Waals surface area contributed by atoms with Crippen molar-refractivity contribution in [3.05, 3.63) is 12.7 Å². The number of rotatable bonds is 1. The summed E-state index contributed by atoms with van der Waals surface area (Å²) in [6.45, 7) is 4.04. The molecule has 0 heterocycles. The monoisotopic (exact) mass is 188 g/mol. The van der Waals surface area contributed by atoms with E-state index in [2.05, 4.69) is 12.7 Å². The van der Waals surface area contributed by atoms with Gasteiger partial charge in [0, 0.05) is 0 Å². The van der Waals surface area contributed by atoms with Gasteiger partial charge in [-0.25, -0.2) is 0 Å². The number of hydrogen-bond acceptors (Lipinski definition) is 0. The van der Waals surface area contributed by atoms with Gasteiger partial charge in [0.05, 0.1) is 0 Å². The molecule has 4 aliphatic rings. The fraction of sp³-hybridized carbons (Fsp3) is 0.857. The molecular formula is C14H20. The van der Waals surface area contributed by atoms with Crippen LogP contribution in [0, 0.1) is 41.4 Å². The third-order valence-electron chi connectivity index (χ3n) is 6.09. The molecule has 76 valence electrons. The third kappa shape index (κ3) is 0.741. The van der Waals surface area contributed by atoms with Gasteiger partial charge in [0.15, 0.2) is 0 Å². The van der Waals surface area contributed by atoms with Crippen molar-refractivity contribution in [2.75, 3.05) is 0 Å². The van der Waals surface area contributed by atoms with E-state index in [-0.39, 0.29) is 0 Å². The van der Waals surface area contributed by atoms with E-state index in [1.165, 1.54) is 12.3 Å². The highest BCUT2D eigenvalue weighted by Gasteiger charge is 2.61. The van der Waals surface area contributed by atoms with Crippen LogP contribution in [0.2, 0.25) is 0 Å². The quantitative estimate of drug-likeness (QED) is 0.436. The summed E-state index contributed by atoms with van der Waals surface area (Å²) in [6, 6.07) is 0. The fourth-order valence-electron chi connectivity index (χ4n) is 5.89. The van der Waals surface area contributed by atoms with Crippen molar-refractivity contribution in [1.82, 2.24) is 0 Å². The molecule has 4 saturated carbocycles. The van der Waals surface area contributed by atoms with Crippen molar-refractivity contribution in [3.8, 4) is 0 Å². The van der Waals surface area contributed by atoms with E-state index in [0.29, 0.717) is 0 Å². The molecule has 0 aromatic heterocycles. The van der Waals surface area contributed by atoms with E-state index in [1.807, 2.05) is 0 Å². The Balaban J connectivity index is 1.71. The number of fused-ring (bicyclic) bond motifs is 9. The van der Waals surface area contributed by atoms with Crippen LogP contribution in [-0.4, -0.2) is 0 Å². The highest BCUT2D eigenvalue weighted by Crippen LogP contribution is 2.68. The predicted molar refractivity (Wildman–Crippen MR) is 57.7 cm³/mol. The molecule has 0 saturated heterocycles. The molecule has 4 aliphatic carbocycles. The van der Waals surface area contributed by atoms with Crippen LogP contribution >= 0.6 is 0 Å². The van der Waals surface area contributed by atoms with Gasteiger partial charge in [-0.05, 0) is 73.5 Å². The Morgan fingerprint density at radius 1 is 0.857 bits per heavy atom. The Morgan fingerprint density at radius 3 is 2.43 bits per heavy atom. The van der Waals surface area contributed by atoms with Crippen LogP contribution < -0.4 is 0 Å². The summed E-state index contributed by atoms with van der Waals surface area (Å²) in [4.78, 5) is 0. The third-order valence-corrected chi connectivity index (χ3v) is 6.09. The van der Waals surface area contributed by atoms with E-state index in [1.54, 1.807) is 25.7 Å². The molecule has 7 atom stereocenters. The molecule has 0 heteroatoms. The summed E-state index contributed by atoms with van der Waals surface area (Å²) in [5, 5.41) is 0. The minimum Gasteiger partial charge on any atom is -0.103 e. The highest BCUT2D eigenvalue weighted by molar-refractivity contribution is 5.13. The van der Waals surface area contributed by atoms with E-state index in [0.717, 1.165) is 35.5 Å². The molecule has 0 amide bonds. The van der Waals surface area contributed by atoms with Gasteiger partial charge in [-0.2, -0.15) is 0 Å². The number of hydrogen-bond donors (Lipinski definition) is 0. The predicted octanol–water partition coefficient (Wildman–Crippen LogP) is 3.49. The second-order valence-corrected chi connectivity index (χ2v) is 6.28. The zero-order chi connectivity index (χ0) is 9.28. The summed E-state index contributed by atoms with van der Waals surface area (Å²) in [5.41, 5.74) is 0.